The number of hydrogen-bond donors (Lipinski definition) is 0. The molecule has 0 spiro atoms. The van der Waals surface area contributed by atoms with Crippen molar-refractivity contribution in [1.82, 2.24) is 0 Å². The number of fused-ring (bicyclic) bond motifs is 1. The highest BCUT2D eigenvalue weighted by Crippen LogP contribution is 2.46. The Balaban J connectivity index is 2.01. The van der Waals surface area contributed by atoms with E-state index >= 15 is 0 Å². The van der Waals surface area contributed by atoms with Crippen LogP contribution in [0.3, 0.4) is 0 Å². The van der Waals surface area contributed by atoms with Crippen molar-refractivity contribution in [2.24, 2.45) is 5.92 Å². The summed E-state index contributed by atoms with van der Waals surface area (Å²) in [5, 5.41) is 0. The lowest BCUT2D eigenvalue weighted by atomic mass is 10.1. The molecule has 0 unspecified atom stereocenters. The predicted molar refractivity (Wildman–Crippen MR) is 65.7 cm³/mol. The summed E-state index contributed by atoms with van der Waals surface area (Å²) in [5.74, 6) is 2.90. The minimum atomic E-state index is 0.198. The van der Waals surface area contributed by atoms with Gasteiger partial charge in [0.1, 0.15) is 6.10 Å². The summed E-state index contributed by atoms with van der Waals surface area (Å²) >= 11 is 0. The van der Waals surface area contributed by atoms with Gasteiger partial charge >= 0.3 is 0 Å². The molecular formula is C14H16O3. The first-order valence-electron chi connectivity index (χ1n) is 5.93. The normalized spacial score (nSPS) is 21.6. The fourth-order valence-electron chi connectivity index (χ4n) is 2.22. The van der Waals surface area contributed by atoms with Gasteiger partial charge in [-0.15, -0.1) is 0 Å². The van der Waals surface area contributed by atoms with Crippen molar-refractivity contribution >= 4 is 6.08 Å². The smallest absolute Gasteiger partial charge is 0.203 e. The topological polar surface area (TPSA) is 27.7 Å². The maximum absolute atomic E-state index is 6.03. The predicted octanol–water partition coefficient (Wildman–Crippen LogP) is 2.89. The van der Waals surface area contributed by atoms with Crippen molar-refractivity contribution in [2.75, 3.05) is 14.2 Å². The van der Waals surface area contributed by atoms with E-state index < -0.39 is 0 Å². The van der Waals surface area contributed by atoms with E-state index in [-0.39, 0.29) is 6.10 Å². The van der Waals surface area contributed by atoms with E-state index in [2.05, 4.69) is 12.2 Å². The summed E-state index contributed by atoms with van der Waals surface area (Å²) in [4.78, 5) is 0. The van der Waals surface area contributed by atoms with Crippen molar-refractivity contribution in [3.63, 3.8) is 0 Å². The maximum Gasteiger partial charge on any atom is 0.203 e. The summed E-state index contributed by atoms with van der Waals surface area (Å²) < 4.78 is 16.7. The zero-order valence-corrected chi connectivity index (χ0v) is 10.1. The van der Waals surface area contributed by atoms with Crippen molar-refractivity contribution in [1.29, 1.82) is 0 Å². The van der Waals surface area contributed by atoms with Gasteiger partial charge in [-0.1, -0.05) is 6.08 Å². The largest absolute Gasteiger partial charge is 0.493 e. The molecule has 0 radical (unpaired) electrons. The molecule has 1 atom stereocenters. The van der Waals surface area contributed by atoms with Crippen molar-refractivity contribution in [2.45, 2.75) is 18.9 Å². The number of rotatable bonds is 3. The van der Waals surface area contributed by atoms with Crippen LogP contribution in [0.15, 0.2) is 18.2 Å². The molecule has 3 rings (SSSR count). The van der Waals surface area contributed by atoms with Gasteiger partial charge in [0.05, 0.1) is 14.2 Å². The van der Waals surface area contributed by atoms with Crippen LogP contribution in [-0.4, -0.2) is 20.3 Å². The third kappa shape index (κ3) is 1.75. The van der Waals surface area contributed by atoms with Crippen molar-refractivity contribution < 1.29 is 14.2 Å². The number of methoxy groups -OCH3 is 2. The van der Waals surface area contributed by atoms with Crippen LogP contribution in [0.4, 0.5) is 0 Å². The second-order valence-corrected chi connectivity index (χ2v) is 4.50. The van der Waals surface area contributed by atoms with Crippen LogP contribution in [0.5, 0.6) is 17.2 Å². The molecule has 17 heavy (non-hydrogen) atoms. The number of ether oxygens (including phenoxy) is 3. The van der Waals surface area contributed by atoms with Gasteiger partial charge in [-0.05, 0) is 37.0 Å². The average Bonchev–Trinajstić information content (AvgIpc) is 3.20. The highest BCUT2D eigenvalue weighted by molar-refractivity contribution is 5.68. The van der Waals surface area contributed by atoms with E-state index in [1.165, 1.54) is 12.8 Å². The highest BCUT2D eigenvalue weighted by Gasteiger charge is 2.34. The lowest BCUT2D eigenvalue weighted by Crippen LogP contribution is -2.19. The van der Waals surface area contributed by atoms with E-state index in [1.807, 2.05) is 12.1 Å². The maximum atomic E-state index is 6.03. The molecule has 1 aliphatic heterocycles. The molecule has 0 aromatic heterocycles. The summed E-state index contributed by atoms with van der Waals surface area (Å²) in [5.41, 5.74) is 1.06. The van der Waals surface area contributed by atoms with Gasteiger partial charge in [-0.25, -0.2) is 0 Å². The Morgan fingerprint density at radius 2 is 2.00 bits per heavy atom. The third-order valence-electron chi connectivity index (χ3n) is 3.34. The second kappa shape index (κ2) is 3.99. The molecule has 1 fully saturated rings. The van der Waals surface area contributed by atoms with Crippen LogP contribution in [-0.2, 0) is 0 Å². The van der Waals surface area contributed by atoms with Crippen molar-refractivity contribution in [3.8, 4) is 17.2 Å². The van der Waals surface area contributed by atoms with E-state index in [4.69, 9.17) is 14.2 Å². The van der Waals surface area contributed by atoms with Gasteiger partial charge in [0.15, 0.2) is 11.5 Å². The molecule has 0 amide bonds. The lowest BCUT2D eigenvalue weighted by Gasteiger charge is -2.24. The van der Waals surface area contributed by atoms with Gasteiger partial charge in [0.25, 0.3) is 0 Å². The summed E-state index contributed by atoms with van der Waals surface area (Å²) in [6, 6.07) is 3.90. The fraction of sp³-hybridized carbons (Fsp3) is 0.429. The fourth-order valence-corrected chi connectivity index (χ4v) is 2.22. The van der Waals surface area contributed by atoms with Crippen LogP contribution < -0.4 is 14.2 Å². The summed E-state index contributed by atoms with van der Waals surface area (Å²) in [6.07, 6.45) is 6.98. The summed E-state index contributed by atoms with van der Waals surface area (Å²) in [6.45, 7) is 0. The lowest BCUT2D eigenvalue weighted by molar-refractivity contribution is 0.209. The molecule has 1 aromatic carbocycles. The Kier molecular flexibility index (Phi) is 2.46. The Bertz CT molecular complexity index is 461. The van der Waals surface area contributed by atoms with Gasteiger partial charge in [-0.3, -0.25) is 0 Å². The third-order valence-corrected chi connectivity index (χ3v) is 3.34. The Morgan fingerprint density at radius 1 is 1.18 bits per heavy atom. The standard InChI is InChI=1S/C14H16O3/c1-15-12-8-6-10-5-7-11(9-3-4-9)17-13(10)14(12)16-2/h5-9,11H,3-4H2,1-2H3/t11-/m0/s1. The first-order valence-corrected chi connectivity index (χ1v) is 5.93. The molecule has 1 aromatic rings. The summed E-state index contributed by atoms with van der Waals surface area (Å²) in [7, 11) is 3.28. The molecular weight excluding hydrogens is 216 g/mol. The minimum Gasteiger partial charge on any atom is -0.493 e. The van der Waals surface area contributed by atoms with E-state index in [9.17, 15) is 0 Å². The molecule has 90 valence electrons. The number of benzene rings is 1. The zero-order valence-electron chi connectivity index (χ0n) is 10.1. The van der Waals surface area contributed by atoms with E-state index in [0.717, 1.165) is 17.1 Å². The average molecular weight is 232 g/mol. The molecule has 0 N–H and O–H groups in total. The second-order valence-electron chi connectivity index (χ2n) is 4.50. The Morgan fingerprint density at radius 3 is 2.65 bits per heavy atom. The van der Waals surface area contributed by atoms with Gasteiger partial charge in [-0.2, -0.15) is 0 Å². The molecule has 1 aliphatic carbocycles. The first-order chi connectivity index (χ1) is 8.33. The first kappa shape index (κ1) is 10.5. The van der Waals surface area contributed by atoms with Crippen LogP contribution in [0.25, 0.3) is 6.08 Å². The molecule has 0 saturated heterocycles. The van der Waals surface area contributed by atoms with Gasteiger partial charge < -0.3 is 14.2 Å². The van der Waals surface area contributed by atoms with Crippen LogP contribution >= 0.6 is 0 Å². The van der Waals surface area contributed by atoms with Crippen LogP contribution in [0.1, 0.15) is 18.4 Å². The van der Waals surface area contributed by atoms with Crippen LogP contribution in [0, 0.1) is 5.92 Å². The quantitative estimate of drug-likeness (QED) is 0.802. The molecule has 3 heteroatoms. The highest BCUT2D eigenvalue weighted by atomic mass is 16.5. The molecule has 3 nitrogen and oxygen atoms in total. The molecule has 2 aliphatic rings. The Labute approximate surface area is 101 Å². The zero-order chi connectivity index (χ0) is 11.8. The van der Waals surface area contributed by atoms with E-state index in [1.54, 1.807) is 14.2 Å². The number of hydrogen-bond acceptors (Lipinski definition) is 3. The Hall–Kier alpha value is -1.64. The molecule has 1 saturated carbocycles. The minimum absolute atomic E-state index is 0.198. The van der Waals surface area contributed by atoms with Crippen LogP contribution in [0.2, 0.25) is 0 Å². The molecule has 0 bridgehead atoms. The van der Waals surface area contributed by atoms with Gasteiger partial charge in [0, 0.05) is 5.56 Å². The monoisotopic (exact) mass is 232 g/mol. The van der Waals surface area contributed by atoms with Crippen molar-refractivity contribution in [3.05, 3.63) is 23.8 Å². The van der Waals surface area contributed by atoms with Gasteiger partial charge in [0.2, 0.25) is 5.75 Å². The SMILES string of the molecule is COc1ccc2c(c1OC)O[C@H](C1CC1)C=C2. The van der Waals surface area contributed by atoms with E-state index in [0.29, 0.717) is 11.7 Å². The molecule has 1 heterocycles.